The predicted molar refractivity (Wildman–Crippen MR) is 73.4 cm³/mol. The molecule has 2 aromatic rings. The van der Waals surface area contributed by atoms with Gasteiger partial charge in [0.25, 0.3) is 0 Å². The molecule has 20 heavy (non-hydrogen) atoms. The predicted octanol–water partition coefficient (Wildman–Crippen LogP) is 1.11. The first kappa shape index (κ1) is 13.9. The van der Waals surface area contributed by atoms with Crippen LogP contribution in [0.5, 0.6) is 5.75 Å². The molecule has 1 aromatic carbocycles. The lowest BCUT2D eigenvalue weighted by Gasteiger charge is -2.21. The number of carbonyl (C=O) groups is 2. The smallest absolute Gasteiger partial charge is 0.191 e. The van der Waals surface area contributed by atoms with Crippen LogP contribution in [0, 0.1) is 0 Å². The van der Waals surface area contributed by atoms with E-state index in [4.69, 9.17) is 5.73 Å². The number of aromatic nitrogens is 1. The number of hydrogen-bond acceptors (Lipinski definition) is 5. The lowest BCUT2D eigenvalue weighted by molar-refractivity contribution is -0.110. The van der Waals surface area contributed by atoms with Crippen molar-refractivity contribution < 1.29 is 14.7 Å². The average molecular weight is 270 g/mol. The largest absolute Gasteiger partial charge is 0.508 e. The van der Waals surface area contributed by atoms with E-state index in [2.05, 4.69) is 4.98 Å². The summed E-state index contributed by atoms with van der Waals surface area (Å²) in [5.41, 5.74) is 5.28. The minimum atomic E-state index is -1.64. The number of phenols is 1. The molecule has 0 aliphatic carbocycles. The third-order valence-corrected chi connectivity index (χ3v) is 2.99. The van der Waals surface area contributed by atoms with E-state index in [1.165, 1.54) is 24.5 Å². The number of aromatic hydroxyl groups is 1. The molecule has 102 valence electrons. The van der Waals surface area contributed by atoms with Gasteiger partial charge in [0.05, 0.1) is 0 Å². The Balaban J connectivity index is 2.27. The minimum absolute atomic E-state index is 0.0600. The van der Waals surface area contributed by atoms with Crippen molar-refractivity contribution in [1.29, 1.82) is 0 Å². The summed E-state index contributed by atoms with van der Waals surface area (Å²) in [6.45, 7) is 0. The number of phenolic OH excluding ortho intramolecular Hbond substituents is 1. The molecule has 5 nitrogen and oxygen atoms in total. The molecular weight excluding hydrogens is 256 g/mol. The Morgan fingerprint density at radius 3 is 2.55 bits per heavy atom. The molecule has 0 radical (unpaired) electrons. The van der Waals surface area contributed by atoms with Crippen LogP contribution in [0.2, 0.25) is 0 Å². The van der Waals surface area contributed by atoms with E-state index in [1.807, 2.05) is 0 Å². The molecule has 0 aliphatic heterocycles. The molecule has 1 aromatic heterocycles. The Morgan fingerprint density at radius 1 is 1.30 bits per heavy atom. The molecule has 0 fully saturated rings. The molecule has 0 spiro atoms. The second-order valence-corrected chi connectivity index (χ2v) is 4.57. The van der Waals surface area contributed by atoms with Gasteiger partial charge < -0.3 is 15.6 Å². The summed E-state index contributed by atoms with van der Waals surface area (Å²) in [6, 6.07) is 9.38. The molecule has 0 aliphatic rings. The number of Topliss-reactive ketones (excluding diaryl/α,β-unsaturated/α-hetero) is 1. The van der Waals surface area contributed by atoms with Gasteiger partial charge in [0.1, 0.15) is 17.6 Å². The number of carbonyl (C=O) groups excluding carboxylic acids is 2. The van der Waals surface area contributed by atoms with Crippen LogP contribution in [-0.4, -0.2) is 27.7 Å². The van der Waals surface area contributed by atoms with E-state index in [-0.39, 0.29) is 12.2 Å². The molecule has 2 rings (SSSR count). The topological polar surface area (TPSA) is 93.3 Å². The summed E-state index contributed by atoms with van der Waals surface area (Å²) in [5.74, 6) is -0.366. The first-order chi connectivity index (χ1) is 9.55. The van der Waals surface area contributed by atoms with Gasteiger partial charge in [-0.2, -0.15) is 0 Å². The van der Waals surface area contributed by atoms with E-state index >= 15 is 0 Å². The van der Waals surface area contributed by atoms with Gasteiger partial charge in [-0.3, -0.25) is 9.78 Å². The van der Waals surface area contributed by atoms with Crippen molar-refractivity contribution in [2.45, 2.75) is 12.0 Å². The maximum absolute atomic E-state index is 12.3. The first-order valence-corrected chi connectivity index (χ1v) is 6.03. The summed E-state index contributed by atoms with van der Waals surface area (Å²) >= 11 is 0. The minimum Gasteiger partial charge on any atom is -0.508 e. The van der Waals surface area contributed by atoms with Gasteiger partial charge in [-0.25, -0.2) is 0 Å². The number of rotatable bonds is 5. The highest BCUT2D eigenvalue weighted by atomic mass is 16.3. The van der Waals surface area contributed by atoms with Gasteiger partial charge in [0, 0.05) is 24.4 Å². The van der Waals surface area contributed by atoms with Crippen LogP contribution in [-0.2, 0) is 11.2 Å². The number of nitrogens with two attached hydrogens (primary N) is 1. The van der Waals surface area contributed by atoms with Gasteiger partial charge in [-0.15, -0.1) is 0 Å². The molecule has 0 saturated heterocycles. The third kappa shape index (κ3) is 2.89. The van der Waals surface area contributed by atoms with Crippen LogP contribution < -0.4 is 5.73 Å². The summed E-state index contributed by atoms with van der Waals surface area (Å²) in [6.07, 6.45) is 3.43. The fraction of sp³-hybridized carbons (Fsp3) is 0.133. The highest BCUT2D eigenvalue weighted by Gasteiger charge is 2.34. The van der Waals surface area contributed by atoms with E-state index < -0.39 is 11.3 Å². The highest BCUT2D eigenvalue weighted by Crippen LogP contribution is 2.17. The lowest BCUT2D eigenvalue weighted by atomic mass is 9.86. The number of pyridine rings is 1. The van der Waals surface area contributed by atoms with Crippen LogP contribution in [0.15, 0.2) is 48.8 Å². The molecular formula is C15H14N2O3. The van der Waals surface area contributed by atoms with Gasteiger partial charge in [0.2, 0.25) is 0 Å². The molecule has 0 unspecified atom stereocenters. The zero-order valence-corrected chi connectivity index (χ0v) is 10.7. The quantitative estimate of drug-likeness (QED) is 0.482. The summed E-state index contributed by atoms with van der Waals surface area (Å²) in [5, 5.41) is 9.22. The van der Waals surface area contributed by atoms with Crippen molar-refractivity contribution in [3.05, 3.63) is 59.9 Å². The first-order valence-electron chi connectivity index (χ1n) is 6.03. The normalized spacial score (nSPS) is 13.4. The monoisotopic (exact) mass is 270 g/mol. The molecule has 5 heteroatoms. The van der Waals surface area contributed by atoms with Crippen molar-refractivity contribution >= 4 is 12.1 Å². The van der Waals surface area contributed by atoms with Gasteiger partial charge >= 0.3 is 0 Å². The number of nitrogens with zero attached hydrogens (tertiary/aromatic N) is 1. The third-order valence-electron chi connectivity index (χ3n) is 2.99. The fourth-order valence-electron chi connectivity index (χ4n) is 1.89. The number of ketones is 1. The Hall–Kier alpha value is -2.53. The SMILES string of the molecule is N[C@](C=O)(Cc1ccc(O)cc1)C(=O)c1cccnc1. The lowest BCUT2D eigenvalue weighted by Crippen LogP contribution is -2.51. The van der Waals surface area contributed by atoms with Crippen molar-refractivity contribution in [2.75, 3.05) is 0 Å². The Bertz CT molecular complexity index is 611. The van der Waals surface area contributed by atoms with Gasteiger partial charge in [0.15, 0.2) is 5.78 Å². The summed E-state index contributed by atoms with van der Waals surface area (Å²) < 4.78 is 0. The zero-order chi connectivity index (χ0) is 14.6. The van der Waals surface area contributed by atoms with E-state index in [0.717, 1.165) is 0 Å². The van der Waals surface area contributed by atoms with Crippen molar-refractivity contribution in [3.63, 3.8) is 0 Å². The van der Waals surface area contributed by atoms with Crippen molar-refractivity contribution in [2.24, 2.45) is 5.73 Å². The van der Waals surface area contributed by atoms with Gasteiger partial charge in [-0.1, -0.05) is 12.1 Å². The molecule has 1 atom stereocenters. The molecule has 0 bridgehead atoms. The number of benzene rings is 1. The van der Waals surface area contributed by atoms with Crippen LogP contribution in [0.1, 0.15) is 15.9 Å². The zero-order valence-electron chi connectivity index (χ0n) is 10.7. The maximum Gasteiger partial charge on any atom is 0.191 e. The molecule has 0 saturated carbocycles. The Morgan fingerprint density at radius 2 is 2.00 bits per heavy atom. The maximum atomic E-state index is 12.3. The van der Waals surface area contributed by atoms with E-state index in [0.29, 0.717) is 17.4 Å². The Kier molecular flexibility index (Phi) is 3.91. The van der Waals surface area contributed by atoms with Crippen molar-refractivity contribution in [3.8, 4) is 5.75 Å². The van der Waals surface area contributed by atoms with Crippen LogP contribution in [0.25, 0.3) is 0 Å². The van der Waals surface area contributed by atoms with Gasteiger partial charge in [-0.05, 0) is 29.8 Å². The fourth-order valence-corrected chi connectivity index (χ4v) is 1.89. The highest BCUT2D eigenvalue weighted by molar-refractivity contribution is 6.12. The number of hydrogen-bond donors (Lipinski definition) is 2. The summed E-state index contributed by atoms with van der Waals surface area (Å²) in [7, 11) is 0. The second-order valence-electron chi connectivity index (χ2n) is 4.57. The second kappa shape index (κ2) is 5.63. The van der Waals surface area contributed by atoms with Crippen LogP contribution >= 0.6 is 0 Å². The average Bonchev–Trinajstić information content (AvgIpc) is 2.49. The standard InChI is InChI=1S/C15H14N2O3/c16-15(10-18,8-11-3-5-13(19)6-4-11)14(20)12-2-1-7-17-9-12/h1-7,9-10,19H,8,16H2/t15-/m0/s1. The number of aldehydes is 1. The molecule has 1 heterocycles. The summed E-state index contributed by atoms with van der Waals surface area (Å²) in [4.78, 5) is 27.5. The molecule has 3 N–H and O–H groups in total. The van der Waals surface area contributed by atoms with E-state index in [1.54, 1.807) is 24.3 Å². The van der Waals surface area contributed by atoms with Crippen LogP contribution in [0.3, 0.4) is 0 Å². The van der Waals surface area contributed by atoms with Crippen molar-refractivity contribution in [1.82, 2.24) is 4.98 Å². The molecule has 0 amide bonds. The van der Waals surface area contributed by atoms with Crippen LogP contribution in [0.4, 0.5) is 0 Å². The van der Waals surface area contributed by atoms with E-state index in [9.17, 15) is 14.7 Å². The Labute approximate surface area is 116 Å².